The molecule has 106 valence electrons. The van der Waals surface area contributed by atoms with Crippen LogP contribution in [-0.4, -0.2) is 36.3 Å². The molecule has 0 aliphatic carbocycles. The molecule has 0 spiro atoms. The zero-order chi connectivity index (χ0) is 13.7. The Morgan fingerprint density at radius 3 is 2.95 bits per heavy atom. The van der Waals surface area contributed by atoms with Crippen LogP contribution in [0.2, 0.25) is 0 Å². The molecule has 1 fully saturated rings. The lowest BCUT2D eigenvalue weighted by molar-refractivity contribution is 0.118. The molecule has 3 nitrogen and oxygen atoms in total. The zero-order valence-corrected chi connectivity index (χ0v) is 11.4. The van der Waals surface area contributed by atoms with Crippen LogP contribution in [0.1, 0.15) is 31.2 Å². The standard InChI is InChI=1S/C15H22FNO2/c1-19-15-9-12(6-7-14(15)16)10-17-8-4-2-3-5-13(17)11-18/h6-7,9,13,18H,2-5,8,10-11H2,1H3. The van der Waals surface area contributed by atoms with Gasteiger partial charge in [-0.3, -0.25) is 4.90 Å². The molecular weight excluding hydrogens is 245 g/mol. The van der Waals surface area contributed by atoms with Gasteiger partial charge in [0.15, 0.2) is 11.6 Å². The summed E-state index contributed by atoms with van der Waals surface area (Å²) in [5, 5.41) is 9.48. The van der Waals surface area contributed by atoms with Crippen LogP contribution in [0.15, 0.2) is 18.2 Å². The van der Waals surface area contributed by atoms with Crippen LogP contribution in [0.5, 0.6) is 5.75 Å². The Balaban J connectivity index is 2.09. The lowest BCUT2D eigenvalue weighted by Gasteiger charge is -2.28. The number of ether oxygens (including phenoxy) is 1. The van der Waals surface area contributed by atoms with Gasteiger partial charge in [0.2, 0.25) is 0 Å². The molecule has 2 rings (SSSR count). The van der Waals surface area contributed by atoms with Gasteiger partial charge < -0.3 is 9.84 Å². The van der Waals surface area contributed by atoms with E-state index in [9.17, 15) is 9.50 Å². The molecule has 0 aromatic heterocycles. The fourth-order valence-corrected chi connectivity index (χ4v) is 2.69. The van der Waals surface area contributed by atoms with Crippen LogP contribution in [0, 0.1) is 5.82 Å². The van der Waals surface area contributed by atoms with E-state index in [1.807, 2.05) is 0 Å². The van der Waals surface area contributed by atoms with Crippen molar-refractivity contribution in [1.29, 1.82) is 0 Å². The van der Waals surface area contributed by atoms with Crippen molar-refractivity contribution >= 4 is 0 Å². The van der Waals surface area contributed by atoms with Crippen molar-refractivity contribution < 1.29 is 14.2 Å². The summed E-state index contributed by atoms with van der Waals surface area (Å²) in [5.41, 5.74) is 1.03. The summed E-state index contributed by atoms with van der Waals surface area (Å²) in [7, 11) is 1.48. The van der Waals surface area contributed by atoms with Crippen LogP contribution < -0.4 is 4.74 Å². The number of halogens is 1. The van der Waals surface area contributed by atoms with Crippen molar-refractivity contribution in [1.82, 2.24) is 4.90 Å². The first-order chi connectivity index (χ1) is 9.24. The minimum atomic E-state index is -0.333. The van der Waals surface area contributed by atoms with Gasteiger partial charge in [0, 0.05) is 12.6 Å². The van der Waals surface area contributed by atoms with E-state index < -0.39 is 0 Å². The molecular formula is C15H22FNO2. The van der Waals surface area contributed by atoms with E-state index in [-0.39, 0.29) is 24.2 Å². The van der Waals surface area contributed by atoms with Gasteiger partial charge in [-0.15, -0.1) is 0 Å². The Labute approximate surface area is 114 Å². The first-order valence-corrected chi connectivity index (χ1v) is 6.92. The molecule has 19 heavy (non-hydrogen) atoms. The summed E-state index contributed by atoms with van der Waals surface area (Å²) in [4.78, 5) is 2.29. The third-order valence-electron chi connectivity index (χ3n) is 3.81. The fraction of sp³-hybridized carbons (Fsp3) is 0.600. The maximum atomic E-state index is 13.4. The number of aliphatic hydroxyl groups is 1. The normalized spacial score (nSPS) is 21.1. The minimum Gasteiger partial charge on any atom is -0.494 e. The van der Waals surface area contributed by atoms with E-state index in [1.54, 1.807) is 12.1 Å². The van der Waals surface area contributed by atoms with Gasteiger partial charge in [0.05, 0.1) is 13.7 Å². The van der Waals surface area contributed by atoms with Gasteiger partial charge in [-0.05, 0) is 37.1 Å². The summed E-state index contributed by atoms with van der Waals surface area (Å²) >= 11 is 0. The van der Waals surface area contributed by atoms with Crippen molar-refractivity contribution in [3.05, 3.63) is 29.6 Å². The topological polar surface area (TPSA) is 32.7 Å². The lowest BCUT2D eigenvalue weighted by Crippen LogP contribution is -2.36. The van der Waals surface area contributed by atoms with E-state index in [1.165, 1.54) is 26.0 Å². The largest absolute Gasteiger partial charge is 0.494 e. The van der Waals surface area contributed by atoms with Crippen LogP contribution in [0.3, 0.4) is 0 Å². The number of rotatable bonds is 4. The molecule has 1 aliphatic rings. The first-order valence-electron chi connectivity index (χ1n) is 6.92. The van der Waals surface area contributed by atoms with E-state index in [4.69, 9.17) is 4.74 Å². The molecule has 1 saturated heterocycles. The molecule has 0 amide bonds. The van der Waals surface area contributed by atoms with Crippen LogP contribution >= 0.6 is 0 Å². The second-order valence-electron chi connectivity index (χ2n) is 5.13. The lowest BCUT2D eigenvalue weighted by atomic mass is 10.1. The van der Waals surface area contributed by atoms with Gasteiger partial charge in [0.1, 0.15) is 0 Å². The maximum Gasteiger partial charge on any atom is 0.165 e. The molecule has 0 radical (unpaired) electrons. The molecule has 0 bridgehead atoms. The van der Waals surface area contributed by atoms with Crippen molar-refractivity contribution in [3.63, 3.8) is 0 Å². The van der Waals surface area contributed by atoms with Gasteiger partial charge in [-0.25, -0.2) is 4.39 Å². The highest BCUT2D eigenvalue weighted by Crippen LogP contribution is 2.22. The predicted octanol–water partition coefficient (Wildman–Crippen LogP) is 2.57. The highest BCUT2D eigenvalue weighted by Gasteiger charge is 2.20. The number of nitrogens with zero attached hydrogens (tertiary/aromatic N) is 1. The molecule has 4 heteroatoms. The Bertz CT molecular complexity index is 411. The molecule has 1 unspecified atom stereocenters. The number of aliphatic hydroxyl groups excluding tert-OH is 1. The van der Waals surface area contributed by atoms with Crippen LogP contribution in [0.25, 0.3) is 0 Å². The number of methoxy groups -OCH3 is 1. The van der Waals surface area contributed by atoms with Gasteiger partial charge in [-0.2, -0.15) is 0 Å². The Kier molecular flexibility index (Phi) is 5.16. The second-order valence-corrected chi connectivity index (χ2v) is 5.13. The van der Waals surface area contributed by atoms with Gasteiger partial charge in [0.25, 0.3) is 0 Å². The Morgan fingerprint density at radius 1 is 1.37 bits per heavy atom. The molecule has 1 N–H and O–H groups in total. The summed E-state index contributed by atoms with van der Waals surface area (Å²) in [6.45, 7) is 1.92. The van der Waals surface area contributed by atoms with Crippen molar-refractivity contribution in [2.75, 3.05) is 20.3 Å². The molecule has 0 saturated carbocycles. The maximum absolute atomic E-state index is 13.4. The average molecular weight is 267 g/mol. The molecule has 1 atom stereocenters. The quantitative estimate of drug-likeness (QED) is 0.910. The van der Waals surface area contributed by atoms with Crippen molar-refractivity contribution in [3.8, 4) is 5.75 Å². The van der Waals surface area contributed by atoms with E-state index in [0.717, 1.165) is 31.5 Å². The smallest absolute Gasteiger partial charge is 0.165 e. The molecule has 1 aliphatic heterocycles. The summed E-state index contributed by atoms with van der Waals surface area (Å²) in [6, 6.07) is 5.20. The summed E-state index contributed by atoms with van der Waals surface area (Å²) in [5.74, 6) is -0.0475. The van der Waals surface area contributed by atoms with Crippen LogP contribution in [0.4, 0.5) is 4.39 Å². The number of benzene rings is 1. The van der Waals surface area contributed by atoms with E-state index >= 15 is 0 Å². The van der Waals surface area contributed by atoms with Crippen molar-refractivity contribution in [2.24, 2.45) is 0 Å². The SMILES string of the molecule is COc1cc(CN2CCCCCC2CO)ccc1F. The third-order valence-corrected chi connectivity index (χ3v) is 3.81. The predicted molar refractivity (Wildman–Crippen MR) is 72.7 cm³/mol. The summed E-state index contributed by atoms with van der Waals surface area (Å²) < 4.78 is 18.4. The Morgan fingerprint density at radius 2 is 2.21 bits per heavy atom. The number of likely N-dealkylation sites (tertiary alicyclic amines) is 1. The van der Waals surface area contributed by atoms with E-state index in [0.29, 0.717) is 0 Å². The second kappa shape index (κ2) is 6.87. The third kappa shape index (κ3) is 3.67. The number of hydrogen-bond donors (Lipinski definition) is 1. The number of hydrogen-bond acceptors (Lipinski definition) is 3. The highest BCUT2D eigenvalue weighted by molar-refractivity contribution is 5.30. The van der Waals surface area contributed by atoms with E-state index in [2.05, 4.69) is 4.90 Å². The minimum absolute atomic E-state index is 0.193. The highest BCUT2D eigenvalue weighted by atomic mass is 19.1. The first kappa shape index (κ1) is 14.3. The monoisotopic (exact) mass is 267 g/mol. The fourth-order valence-electron chi connectivity index (χ4n) is 2.69. The Hall–Kier alpha value is -1.13. The summed E-state index contributed by atoms with van der Waals surface area (Å²) in [6.07, 6.45) is 4.60. The molecule has 1 heterocycles. The van der Waals surface area contributed by atoms with Crippen molar-refractivity contribution in [2.45, 2.75) is 38.3 Å². The zero-order valence-electron chi connectivity index (χ0n) is 11.4. The van der Waals surface area contributed by atoms with Gasteiger partial charge >= 0.3 is 0 Å². The average Bonchev–Trinajstić information content (AvgIpc) is 2.66. The van der Waals surface area contributed by atoms with Crippen LogP contribution in [-0.2, 0) is 6.54 Å². The van der Waals surface area contributed by atoms with Gasteiger partial charge in [-0.1, -0.05) is 18.9 Å². The molecule has 1 aromatic rings. The molecule has 1 aromatic carbocycles.